The standard InChI is InChI=1S/C13H14N4O3S/c1-8(18)17-7-21-6-10(17)13-15-12(16-20-13)9-3-4-14-11(5-9)19-2/h3-5,10H,6-7H2,1-2H3/t10-/m0/s1. The summed E-state index contributed by atoms with van der Waals surface area (Å²) in [6.07, 6.45) is 1.62. The summed E-state index contributed by atoms with van der Waals surface area (Å²) in [7, 11) is 1.55. The number of methoxy groups -OCH3 is 1. The number of rotatable bonds is 3. The Morgan fingerprint density at radius 3 is 3.19 bits per heavy atom. The van der Waals surface area contributed by atoms with Crippen molar-refractivity contribution in [3.63, 3.8) is 0 Å². The van der Waals surface area contributed by atoms with Gasteiger partial charge in [-0.25, -0.2) is 4.98 Å². The first-order valence-corrected chi connectivity index (χ1v) is 7.53. The summed E-state index contributed by atoms with van der Waals surface area (Å²) in [6, 6.07) is 3.36. The van der Waals surface area contributed by atoms with Gasteiger partial charge in [0.25, 0.3) is 5.89 Å². The highest BCUT2D eigenvalue weighted by atomic mass is 32.2. The van der Waals surface area contributed by atoms with Gasteiger partial charge in [0.15, 0.2) is 0 Å². The minimum atomic E-state index is -0.155. The van der Waals surface area contributed by atoms with Gasteiger partial charge in [0.2, 0.25) is 17.6 Å². The second kappa shape index (κ2) is 5.72. The number of pyridine rings is 1. The van der Waals surface area contributed by atoms with Gasteiger partial charge in [0.05, 0.1) is 13.0 Å². The Morgan fingerprint density at radius 1 is 1.57 bits per heavy atom. The van der Waals surface area contributed by atoms with E-state index < -0.39 is 0 Å². The van der Waals surface area contributed by atoms with Gasteiger partial charge in [0.1, 0.15) is 6.04 Å². The van der Waals surface area contributed by atoms with Crippen LogP contribution in [0.25, 0.3) is 11.4 Å². The minimum Gasteiger partial charge on any atom is -0.481 e. The molecule has 2 aromatic heterocycles. The third kappa shape index (κ3) is 2.71. The van der Waals surface area contributed by atoms with E-state index in [4.69, 9.17) is 9.26 Å². The van der Waals surface area contributed by atoms with Crippen LogP contribution in [0.3, 0.4) is 0 Å². The van der Waals surface area contributed by atoms with Crippen molar-refractivity contribution in [1.29, 1.82) is 0 Å². The fourth-order valence-corrected chi connectivity index (χ4v) is 3.32. The van der Waals surface area contributed by atoms with Gasteiger partial charge in [-0.05, 0) is 6.07 Å². The molecular weight excluding hydrogens is 292 g/mol. The van der Waals surface area contributed by atoms with Crippen molar-refractivity contribution in [2.45, 2.75) is 13.0 Å². The van der Waals surface area contributed by atoms with Crippen LogP contribution in [0.2, 0.25) is 0 Å². The monoisotopic (exact) mass is 306 g/mol. The van der Waals surface area contributed by atoms with Gasteiger partial charge in [-0.3, -0.25) is 4.79 Å². The van der Waals surface area contributed by atoms with Crippen LogP contribution in [0, 0.1) is 0 Å². The maximum atomic E-state index is 11.6. The minimum absolute atomic E-state index is 0.00957. The first-order valence-electron chi connectivity index (χ1n) is 6.38. The van der Waals surface area contributed by atoms with E-state index in [2.05, 4.69) is 15.1 Å². The lowest BCUT2D eigenvalue weighted by Crippen LogP contribution is -2.28. The van der Waals surface area contributed by atoms with Crippen LogP contribution in [-0.2, 0) is 4.79 Å². The molecule has 0 spiro atoms. The summed E-state index contributed by atoms with van der Waals surface area (Å²) >= 11 is 1.67. The van der Waals surface area contributed by atoms with E-state index in [1.165, 1.54) is 0 Å². The van der Waals surface area contributed by atoms with Crippen LogP contribution >= 0.6 is 11.8 Å². The lowest BCUT2D eigenvalue weighted by Gasteiger charge is -2.18. The highest BCUT2D eigenvalue weighted by molar-refractivity contribution is 7.99. The summed E-state index contributed by atoms with van der Waals surface area (Å²) in [5.74, 6) is 2.84. The van der Waals surface area contributed by atoms with Crippen LogP contribution in [0.5, 0.6) is 5.88 Å². The number of nitrogens with zero attached hydrogens (tertiary/aromatic N) is 4. The van der Waals surface area contributed by atoms with E-state index in [1.54, 1.807) is 49.0 Å². The number of aromatic nitrogens is 3. The number of hydrogen-bond acceptors (Lipinski definition) is 7. The van der Waals surface area contributed by atoms with Crippen molar-refractivity contribution in [2.24, 2.45) is 0 Å². The number of ether oxygens (including phenoxy) is 1. The van der Waals surface area contributed by atoms with Crippen LogP contribution in [0.4, 0.5) is 0 Å². The number of thioether (sulfide) groups is 1. The molecule has 110 valence electrons. The molecule has 1 amide bonds. The zero-order valence-corrected chi connectivity index (χ0v) is 12.5. The van der Waals surface area contributed by atoms with E-state index in [9.17, 15) is 4.79 Å². The molecule has 0 bridgehead atoms. The molecule has 1 aliphatic heterocycles. The van der Waals surface area contributed by atoms with Crippen molar-refractivity contribution in [1.82, 2.24) is 20.0 Å². The highest BCUT2D eigenvalue weighted by Crippen LogP contribution is 2.33. The molecule has 0 aliphatic carbocycles. The normalized spacial score (nSPS) is 18.0. The quantitative estimate of drug-likeness (QED) is 0.854. The fraction of sp³-hybridized carbons (Fsp3) is 0.385. The molecule has 0 N–H and O–H groups in total. The molecule has 7 nitrogen and oxygen atoms in total. The molecule has 0 radical (unpaired) electrons. The van der Waals surface area contributed by atoms with E-state index in [0.717, 1.165) is 11.3 Å². The molecule has 21 heavy (non-hydrogen) atoms. The zero-order chi connectivity index (χ0) is 14.8. The molecule has 8 heteroatoms. The summed E-state index contributed by atoms with van der Waals surface area (Å²) < 4.78 is 10.4. The van der Waals surface area contributed by atoms with E-state index in [1.807, 2.05) is 0 Å². The number of carbonyl (C=O) groups is 1. The van der Waals surface area contributed by atoms with Crippen molar-refractivity contribution in [3.05, 3.63) is 24.2 Å². The average Bonchev–Trinajstić information content (AvgIpc) is 3.15. The van der Waals surface area contributed by atoms with Crippen LogP contribution in [-0.4, -0.2) is 44.7 Å². The second-order valence-corrected chi connectivity index (χ2v) is 5.55. The number of amides is 1. The zero-order valence-electron chi connectivity index (χ0n) is 11.6. The lowest BCUT2D eigenvalue weighted by atomic mass is 10.2. The maximum absolute atomic E-state index is 11.6. The second-order valence-electron chi connectivity index (χ2n) is 4.55. The Hall–Kier alpha value is -2.09. The topological polar surface area (TPSA) is 81.4 Å². The molecule has 2 aromatic rings. The van der Waals surface area contributed by atoms with Crippen molar-refractivity contribution in [3.8, 4) is 17.3 Å². The average molecular weight is 306 g/mol. The van der Waals surface area contributed by atoms with Gasteiger partial charge in [-0.15, -0.1) is 11.8 Å². The number of carbonyl (C=O) groups excluding carboxylic acids is 1. The number of hydrogen-bond donors (Lipinski definition) is 0. The van der Waals surface area contributed by atoms with Crippen molar-refractivity contribution >= 4 is 17.7 Å². The van der Waals surface area contributed by atoms with E-state index >= 15 is 0 Å². The Morgan fingerprint density at radius 2 is 2.43 bits per heavy atom. The van der Waals surface area contributed by atoms with Gasteiger partial charge >= 0.3 is 0 Å². The molecule has 1 atom stereocenters. The molecular formula is C13H14N4O3S. The third-order valence-corrected chi connectivity index (χ3v) is 4.23. The molecule has 0 saturated carbocycles. The van der Waals surface area contributed by atoms with E-state index in [0.29, 0.717) is 23.5 Å². The van der Waals surface area contributed by atoms with Gasteiger partial charge < -0.3 is 14.2 Å². The predicted octanol–water partition coefficient (Wildman–Crippen LogP) is 1.73. The SMILES string of the molecule is COc1cc(-c2noc([C@@H]3CSCN3C(C)=O)n2)ccn1. The lowest BCUT2D eigenvalue weighted by molar-refractivity contribution is -0.129. The van der Waals surface area contributed by atoms with Crippen LogP contribution in [0.15, 0.2) is 22.9 Å². The summed E-state index contributed by atoms with van der Waals surface area (Å²) in [6.45, 7) is 1.55. The first-order chi connectivity index (χ1) is 10.2. The summed E-state index contributed by atoms with van der Waals surface area (Å²) in [5, 5.41) is 3.98. The maximum Gasteiger partial charge on any atom is 0.250 e. The largest absolute Gasteiger partial charge is 0.481 e. The first kappa shape index (κ1) is 13.9. The van der Waals surface area contributed by atoms with Crippen molar-refractivity contribution < 1.29 is 14.1 Å². The molecule has 1 fully saturated rings. The van der Waals surface area contributed by atoms with Gasteiger partial charge in [-0.2, -0.15) is 4.98 Å². The predicted molar refractivity (Wildman–Crippen MR) is 76.7 cm³/mol. The molecule has 1 aliphatic rings. The third-order valence-electron chi connectivity index (χ3n) is 3.22. The molecule has 0 aromatic carbocycles. The van der Waals surface area contributed by atoms with Crippen LogP contribution < -0.4 is 4.74 Å². The summed E-state index contributed by atoms with van der Waals surface area (Å²) in [5.41, 5.74) is 0.761. The molecule has 3 heterocycles. The summed E-state index contributed by atoms with van der Waals surface area (Å²) in [4.78, 5) is 21.8. The molecule has 0 unspecified atom stereocenters. The molecule has 3 rings (SSSR count). The Kier molecular flexibility index (Phi) is 3.78. The fourth-order valence-electron chi connectivity index (χ4n) is 2.11. The highest BCUT2D eigenvalue weighted by Gasteiger charge is 2.33. The van der Waals surface area contributed by atoms with E-state index in [-0.39, 0.29) is 11.9 Å². The molecule has 1 saturated heterocycles. The Labute approximate surface area is 125 Å². The smallest absolute Gasteiger partial charge is 0.250 e. The van der Waals surface area contributed by atoms with Gasteiger partial charge in [0, 0.05) is 30.5 Å². The Balaban J connectivity index is 1.87. The van der Waals surface area contributed by atoms with Gasteiger partial charge in [-0.1, -0.05) is 5.16 Å². The van der Waals surface area contributed by atoms with Crippen molar-refractivity contribution in [2.75, 3.05) is 18.7 Å². The van der Waals surface area contributed by atoms with Crippen LogP contribution in [0.1, 0.15) is 18.9 Å². The Bertz CT molecular complexity index is 660.